The average molecular weight is 303 g/mol. The Balaban J connectivity index is 2.52. The zero-order valence-corrected chi connectivity index (χ0v) is 13.2. The molecule has 2 rings (SSSR count). The molecule has 0 radical (unpaired) electrons. The second-order valence-electron chi connectivity index (χ2n) is 4.74. The molecule has 0 spiro atoms. The number of oxime groups is 1. The molecule has 6 nitrogen and oxygen atoms in total. The van der Waals surface area contributed by atoms with Gasteiger partial charge in [-0.15, -0.1) is 0 Å². The van der Waals surface area contributed by atoms with Crippen LogP contribution in [0.1, 0.15) is 28.3 Å². The monoisotopic (exact) mass is 303 g/mol. The highest BCUT2D eigenvalue weighted by atomic mass is 32.2. The Hall–Kier alpha value is -2.15. The number of amidine groups is 1. The van der Waals surface area contributed by atoms with Gasteiger partial charge in [0.05, 0.1) is 5.56 Å². The first-order valence-electron chi connectivity index (χ1n) is 6.37. The van der Waals surface area contributed by atoms with E-state index in [-0.39, 0.29) is 5.84 Å². The highest BCUT2D eigenvalue weighted by Gasteiger charge is 2.15. The van der Waals surface area contributed by atoms with E-state index in [2.05, 4.69) is 20.1 Å². The number of hydrogen-bond donors (Lipinski definition) is 2. The van der Waals surface area contributed by atoms with E-state index in [1.807, 2.05) is 39.8 Å². The predicted molar refractivity (Wildman–Crippen MR) is 81.9 cm³/mol. The molecular weight excluding hydrogens is 286 g/mol. The van der Waals surface area contributed by atoms with E-state index >= 15 is 0 Å². The Kier molecular flexibility index (Phi) is 4.42. The number of hydrogen-bond acceptors (Lipinski definition) is 6. The SMILES string of the molecule is Cc1cc(C)nc(Sc2cc(C)nc(C)c2/C(N)=N/O)n1. The van der Waals surface area contributed by atoms with Gasteiger partial charge in [0.25, 0.3) is 0 Å². The van der Waals surface area contributed by atoms with Gasteiger partial charge in [-0.2, -0.15) is 0 Å². The van der Waals surface area contributed by atoms with Gasteiger partial charge < -0.3 is 10.9 Å². The Bertz CT molecular complexity index is 695. The first-order chi connectivity index (χ1) is 9.90. The number of pyridine rings is 1. The molecular formula is C14H17N5OS. The Morgan fingerprint density at radius 1 is 1.05 bits per heavy atom. The predicted octanol–water partition coefficient (Wildman–Crippen LogP) is 2.35. The maximum absolute atomic E-state index is 8.96. The topological polar surface area (TPSA) is 97.3 Å². The summed E-state index contributed by atoms with van der Waals surface area (Å²) in [5.41, 5.74) is 9.74. The van der Waals surface area contributed by atoms with Crippen LogP contribution < -0.4 is 5.73 Å². The summed E-state index contributed by atoms with van der Waals surface area (Å²) in [6.45, 7) is 7.57. The van der Waals surface area contributed by atoms with E-state index < -0.39 is 0 Å². The molecule has 0 bridgehead atoms. The van der Waals surface area contributed by atoms with Crippen LogP contribution in [0.25, 0.3) is 0 Å². The van der Waals surface area contributed by atoms with Crippen LogP contribution in [0, 0.1) is 27.7 Å². The lowest BCUT2D eigenvalue weighted by molar-refractivity contribution is 0.318. The van der Waals surface area contributed by atoms with E-state index in [1.54, 1.807) is 0 Å². The largest absolute Gasteiger partial charge is 0.409 e. The molecule has 7 heteroatoms. The van der Waals surface area contributed by atoms with Crippen molar-refractivity contribution < 1.29 is 5.21 Å². The second-order valence-corrected chi connectivity index (χ2v) is 5.75. The Morgan fingerprint density at radius 2 is 1.62 bits per heavy atom. The summed E-state index contributed by atoms with van der Waals surface area (Å²) in [7, 11) is 0. The molecule has 2 aromatic rings. The minimum Gasteiger partial charge on any atom is -0.409 e. The fraction of sp³-hybridized carbons (Fsp3) is 0.286. The lowest BCUT2D eigenvalue weighted by Crippen LogP contribution is -2.17. The standard InChI is InChI=1S/C14H17N5OS/c1-7-5-8(2)18-14(17-7)21-11-6-9(3)16-10(4)12(11)13(15)19-20/h5-6,20H,1-4H3,(H2,15,19). The fourth-order valence-electron chi connectivity index (χ4n) is 2.07. The lowest BCUT2D eigenvalue weighted by Gasteiger charge is -2.11. The van der Waals surface area contributed by atoms with Gasteiger partial charge in [-0.1, -0.05) is 5.16 Å². The molecule has 0 fully saturated rings. The highest BCUT2D eigenvalue weighted by molar-refractivity contribution is 7.99. The van der Waals surface area contributed by atoms with E-state index in [4.69, 9.17) is 10.9 Å². The number of aromatic nitrogens is 3. The van der Waals surface area contributed by atoms with Gasteiger partial charge in [-0.25, -0.2) is 9.97 Å². The van der Waals surface area contributed by atoms with Crippen LogP contribution in [0.4, 0.5) is 0 Å². The molecule has 2 heterocycles. The van der Waals surface area contributed by atoms with Crippen LogP contribution in [0.2, 0.25) is 0 Å². The normalized spacial score (nSPS) is 11.7. The summed E-state index contributed by atoms with van der Waals surface area (Å²) in [5, 5.41) is 12.7. The van der Waals surface area contributed by atoms with Crippen molar-refractivity contribution in [1.29, 1.82) is 0 Å². The van der Waals surface area contributed by atoms with Gasteiger partial charge in [-0.3, -0.25) is 4.98 Å². The zero-order valence-electron chi connectivity index (χ0n) is 12.4. The van der Waals surface area contributed by atoms with Gasteiger partial charge in [0.1, 0.15) is 0 Å². The first kappa shape index (κ1) is 15.2. The van der Waals surface area contributed by atoms with Crippen molar-refractivity contribution in [3.05, 3.63) is 40.5 Å². The summed E-state index contributed by atoms with van der Waals surface area (Å²) in [5.74, 6) is 0.0341. The molecule has 21 heavy (non-hydrogen) atoms. The van der Waals surface area contributed by atoms with E-state index in [0.29, 0.717) is 16.4 Å². The van der Waals surface area contributed by atoms with Crippen molar-refractivity contribution in [3.63, 3.8) is 0 Å². The van der Waals surface area contributed by atoms with Gasteiger partial charge in [0, 0.05) is 27.7 Å². The fourth-order valence-corrected chi connectivity index (χ4v) is 3.23. The molecule has 3 N–H and O–H groups in total. The molecule has 0 saturated carbocycles. The quantitative estimate of drug-likeness (QED) is 0.297. The molecule has 0 unspecified atom stereocenters. The summed E-state index contributed by atoms with van der Waals surface area (Å²) in [6, 6.07) is 3.80. The molecule has 0 amide bonds. The van der Waals surface area contributed by atoms with Gasteiger partial charge in [-0.05, 0) is 51.6 Å². The van der Waals surface area contributed by atoms with Crippen molar-refractivity contribution in [3.8, 4) is 0 Å². The second kappa shape index (κ2) is 6.09. The van der Waals surface area contributed by atoms with Crippen LogP contribution in [0.15, 0.2) is 27.3 Å². The maximum Gasteiger partial charge on any atom is 0.192 e. The third kappa shape index (κ3) is 3.49. The van der Waals surface area contributed by atoms with Gasteiger partial charge in [0.15, 0.2) is 11.0 Å². The molecule has 0 atom stereocenters. The number of aryl methyl sites for hydroxylation is 4. The summed E-state index contributed by atoms with van der Waals surface area (Å²) in [4.78, 5) is 14.0. The van der Waals surface area contributed by atoms with E-state index in [0.717, 1.165) is 22.0 Å². The third-order valence-corrected chi connectivity index (χ3v) is 3.73. The first-order valence-corrected chi connectivity index (χ1v) is 7.18. The van der Waals surface area contributed by atoms with Crippen molar-refractivity contribution in [2.24, 2.45) is 10.9 Å². The van der Waals surface area contributed by atoms with Crippen LogP contribution in [-0.2, 0) is 0 Å². The average Bonchev–Trinajstić information content (AvgIpc) is 2.36. The van der Waals surface area contributed by atoms with Gasteiger partial charge in [0.2, 0.25) is 0 Å². The summed E-state index contributed by atoms with van der Waals surface area (Å²) < 4.78 is 0. The smallest absolute Gasteiger partial charge is 0.192 e. The number of nitrogens with two attached hydrogens (primary N) is 1. The van der Waals surface area contributed by atoms with E-state index in [1.165, 1.54) is 11.8 Å². The maximum atomic E-state index is 8.96. The molecule has 110 valence electrons. The van der Waals surface area contributed by atoms with Crippen molar-refractivity contribution in [1.82, 2.24) is 15.0 Å². The Labute approximate surface area is 127 Å². The summed E-state index contributed by atoms with van der Waals surface area (Å²) in [6.07, 6.45) is 0. The third-order valence-electron chi connectivity index (χ3n) is 2.82. The molecule has 2 aromatic heterocycles. The zero-order chi connectivity index (χ0) is 15.6. The van der Waals surface area contributed by atoms with Crippen LogP contribution in [0.3, 0.4) is 0 Å². The molecule has 0 aromatic carbocycles. The minimum atomic E-state index is 0.0341. The lowest BCUT2D eigenvalue weighted by atomic mass is 10.1. The molecule has 0 saturated heterocycles. The minimum absolute atomic E-state index is 0.0341. The highest BCUT2D eigenvalue weighted by Crippen LogP contribution is 2.30. The summed E-state index contributed by atoms with van der Waals surface area (Å²) >= 11 is 1.38. The number of nitrogens with zero attached hydrogens (tertiary/aromatic N) is 4. The number of rotatable bonds is 3. The molecule has 0 aliphatic heterocycles. The molecule has 0 aliphatic rings. The van der Waals surface area contributed by atoms with Crippen LogP contribution in [0.5, 0.6) is 0 Å². The van der Waals surface area contributed by atoms with Crippen molar-refractivity contribution in [2.45, 2.75) is 37.7 Å². The van der Waals surface area contributed by atoms with Gasteiger partial charge >= 0.3 is 0 Å². The molecule has 0 aliphatic carbocycles. The van der Waals surface area contributed by atoms with Crippen LogP contribution in [-0.4, -0.2) is 26.0 Å². The Morgan fingerprint density at radius 3 is 2.19 bits per heavy atom. The van der Waals surface area contributed by atoms with Crippen molar-refractivity contribution in [2.75, 3.05) is 0 Å². The van der Waals surface area contributed by atoms with Crippen molar-refractivity contribution >= 4 is 17.6 Å². The van der Waals surface area contributed by atoms with E-state index in [9.17, 15) is 0 Å². The van der Waals surface area contributed by atoms with Crippen LogP contribution >= 0.6 is 11.8 Å².